The molecule has 0 amide bonds. The highest BCUT2D eigenvalue weighted by Gasteiger charge is 2.25. The minimum absolute atomic E-state index is 0.0534. The second kappa shape index (κ2) is 4.89. The molecule has 0 aliphatic rings. The zero-order valence-corrected chi connectivity index (χ0v) is 8.57. The molecule has 0 spiro atoms. The van der Waals surface area contributed by atoms with Crippen LogP contribution in [0.15, 0.2) is 0 Å². The Morgan fingerprint density at radius 3 is 2.33 bits per heavy atom. The van der Waals surface area contributed by atoms with Gasteiger partial charge in [-0.05, 0) is 20.3 Å². The number of rotatable bonds is 2. The summed E-state index contributed by atoms with van der Waals surface area (Å²) >= 11 is 0. The van der Waals surface area contributed by atoms with Gasteiger partial charge in [-0.1, -0.05) is 25.7 Å². The lowest BCUT2D eigenvalue weighted by Gasteiger charge is -2.25. The van der Waals surface area contributed by atoms with Gasteiger partial charge in [0.2, 0.25) is 0 Å². The molecule has 0 aliphatic carbocycles. The first-order chi connectivity index (χ1) is 5.60. The minimum Gasteiger partial charge on any atom is -0.119 e. The first-order valence-corrected chi connectivity index (χ1v) is 4.56. The zero-order valence-electron chi connectivity index (χ0n) is 8.57. The first kappa shape index (κ1) is 11.1. The average Bonchev–Trinajstić information content (AvgIpc) is 2.12. The van der Waals surface area contributed by atoms with Crippen molar-refractivity contribution in [3.05, 3.63) is 0 Å². The summed E-state index contributed by atoms with van der Waals surface area (Å²) in [5.74, 6) is 9.39. The molecule has 0 aromatic rings. The fourth-order valence-corrected chi connectivity index (χ4v) is 0.948. The van der Waals surface area contributed by atoms with Crippen LogP contribution in [0.4, 0.5) is 0 Å². The minimum atomic E-state index is -0.0534. The van der Waals surface area contributed by atoms with Crippen LogP contribution in [0.5, 0.6) is 0 Å². The highest BCUT2D eigenvalue weighted by Crippen LogP contribution is 2.29. The second-order valence-electron chi connectivity index (χ2n) is 3.31. The molecule has 12 heavy (non-hydrogen) atoms. The van der Waals surface area contributed by atoms with Crippen molar-refractivity contribution < 1.29 is 0 Å². The van der Waals surface area contributed by atoms with Gasteiger partial charge >= 0.3 is 0 Å². The summed E-state index contributed by atoms with van der Waals surface area (Å²) in [6.07, 6.45) is 7.37. The summed E-state index contributed by atoms with van der Waals surface area (Å²) in [7, 11) is 0. The van der Waals surface area contributed by atoms with Gasteiger partial charge in [0.25, 0.3) is 0 Å². The van der Waals surface area contributed by atoms with E-state index in [1.807, 2.05) is 0 Å². The summed E-state index contributed by atoms with van der Waals surface area (Å²) in [5, 5.41) is 0. The fourth-order valence-electron chi connectivity index (χ4n) is 0.948. The maximum Gasteiger partial charge on any atom is 0.0415 e. The highest BCUT2D eigenvalue weighted by atomic mass is 14.3. The van der Waals surface area contributed by atoms with Gasteiger partial charge in [-0.15, -0.1) is 12.3 Å². The molecule has 0 saturated carbocycles. The maximum atomic E-state index is 5.47. The van der Waals surface area contributed by atoms with Crippen molar-refractivity contribution in [2.75, 3.05) is 0 Å². The van der Waals surface area contributed by atoms with E-state index in [1.54, 1.807) is 0 Å². The van der Waals surface area contributed by atoms with Gasteiger partial charge in [-0.25, -0.2) is 0 Å². The standard InChI is InChI=1S/C12H18/c1-6-9-10-11(4)12(5,7-2)8-3/h2,11H,6,8H2,1,3-5H3. The summed E-state index contributed by atoms with van der Waals surface area (Å²) in [4.78, 5) is 0. The van der Waals surface area contributed by atoms with Gasteiger partial charge in [0.05, 0.1) is 0 Å². The van der Waals surface area contributed by atoms with Crippen LogP contribution in [0.3, 0.4) is 0 Å². The summed E-state index contributed by atoms with van der Waals surface area (Å²) in [6.45, 7) is 8.37. The molecule has 0 nitrogen and oxygen atoms in total. The molecule has 66 valence electrons. The molecular formula is C12H18. The van der Waals surface area contributed by atoms with Gasteiger partial charge in [-0.3, -0.25) is 0 Å². The third kappa shape index (κ3) is 2.63. The predicted octanol–water partition coefficient (Wildman–Crippen LogP) is 3.09. The van der Waals surface area contributed by atoms with E-state index in [9.17, 15) is 0 Å². The Labute approximate surface area is 76.8 Å². The Morgan fingerprint density at radius 2 is 2.00 bits per heavy atom. The molecule has 0 rings (SSSR count). The maximum absolute atomic E-state index is 5.47. The Kier molecular flexibility index (Phi) is 4.53. The van der Waals surface area contributed by atoms with Gasteiger partial charge in [-0.2, -0.15) is 0 Å². The van der Waals surface area contributed by atoms with E-state index < -0.39 is 0 Å². The number of terminal acetylenes is 1. The lowest BCUT2D eigenvalue weighted by Crippen LogP contribution is -2.21. The van der Waals surface area contributed by atoms with Crippen LogP contribution in [0.25, 0.3) is 0 Å². The Morgan fingerprint density at radius 1 is 1.42 bits per heavy atom. The zero-order chi connectivity index (χ0) is 9.61. The van der Waals surface area contributed by atoms with Crippen LogP contribution >= 0.6 is 0 Å². The summed E-state index contributed by atoms with van der Waals surface area (Å²) in [6, 6.07) is 0. The second-order valence-corrected chi connectivity index (χ2v) is 3.31. The lowest BCUT2D eigenvalue weighted by molar-refractivity contribution is 0.344. The Balaban J connectivity index is 4.45. The van der Waals surface area contributed by atoms with E-state index in [0.29, 0.717) is 5.92 Å². The van der Waals surface area contributed by atoms with E-state index >= 15 is 0 Å². The van der Waals surface area contributed by atoms with Gasteiger partial charge in [0.15, 0.2) is 0 Å². The third-order valence-corrected chi connectivity index (χ3v) is 2.52. The quantitative estimate of drug-likeness (QED) is 0.547. The topological polar surface area (TPSA) is 0 Å². The Hall–Kier alpha value is -0.880. The van der Waals surface area contributed by atoms with Crippen LogP contribution in [0.2, 0.25) is 0 Å². The van der Waals surface area contributed by atoms with Crippen molar-refractivity contribution >= 4 is 0 Å². The van der Waals surface area contributed by atoms with Crippen LogP contribution in [0.1, 0.15) is 40.5 Å². The fraction of sp³-hybridized carbons (Fsp3) is 0.667. The van der Waals surface area contributed by atoms with Crippen molar-refractivity contribution in [3.8, 4) is 24.2 Å². The first-order valence-electron chi connectivity index (χ1n) is 4.56. The third-order valence-electron chi connectivity index (χ3n) is 2.52. The van der Waals surface area contributed by atoms with E-state index in [1.165, 1.54) is 0 Å². The predicted molar refractivity (Wildman–Crippen MR) is 54.5 cm³/mol. The molecule has 2 atom stereocenters. The van der Waals surface area contributed by atoms with Crippen LogP contribution < -0.4 is 0 Å². The van der Waals surface area contributed by atoms with Crippen molar-refractivity contribution in [2.45, 2.75) is 40.5 Å². The molecule has 0 heterocycles. The molecule has 0 fully saturated rings. The smallest absolute Gasteiger partial charge is 0.0415 e. The van der Waals surface area contributed by atoms with E-state index in [4.69, 9.17) is 6.42 Å². The van der Waals surface area contributed by atoms with Gasteiger partial charge < -0.3 is 0 Å². The molecule has 2 unspecified atom stereocenters. The molecule has 0 aromatic heterocycles. The normalized spacial score (nSPS) is 16.6. The monoisotopic (exact) mass is 162 g/mol. The molecule has 0 bridgehead atoms. The van der Waals surface area contributed by atoms with E-state index in [-0.39, 0.29) is 5.41 Å². The van der Waals surface area contributed by atoms with Crippen LogP contribution in [-0.4, -0.2) is 0 Å². The van der Waals surface area contributed by atoms with Crippen molar-refractivity contribution in [2.24, 2.45) is 11.3 Å². The van der Waals surface area contributed by atoms with Gasteiger partial charge in [0, 0.05) is 17.8 Å². The van der Waals surface area contributed by atoms with E-state index in [2.05, 4.69) is 45.5 Å². The molecular weight excluding hydrogens is 144 g/mol. The van der Waals surface area contributed by atoms with Crippen molar-refractivity contribution in [1.29, 1.82) is 0 Å². The molecule has 0 saturated heterocycles. The van der Waals surface area contributed by atoms with Gasteiger partial charge in [0.1, 0.15) is 0 Å². The van der Waals surface area contributed by atoms with Crippen molar-refractivity contribution in [1.82, 2.24) is 0 Å². The SMILES string of the molecule is C#CC(C)(CC)C(C)C#CCC. The van der Waals surface area contributed by atoms with Crippen LogP contribution in [0, 0.1) is 35.5 Å². The number of hydrogen-bond donors (Lipinski definition) is 0. The summed E-state index contributed by atoms with van der Waals surface area (Å²) in [5.41, 5.74) is -0.0534. The summed E-state index contributed by atoms with van der Waals surface area (Å²) < 4.78 is 0. The Bertz CT molecular complexity index is 221. The molecule has 0 aliphatic heterocycles. The molecule has 0 heteroatoms. The average molecular weight is 162 g/mol. The molecule has 0 N–H and O–H groups in total. The molecule has 0 radical (unpaired) electrons. The lowest BCUT2D eigenvalue weighted by atomic mass is 9.77. The van der Waals surface area contributed by atoms with E-state index in [0.717, 1.165) is 12.8 Å². The number of hydrogen-bond acceptors (Lipinski definition) is 0. The highest BCUT2D eigenvalue weighted by molar-refractivity contribution is 5.15. The van der Waals surface area contributed by atoms with Crippen molar-refractivity contribution in [3.63, 3.8) is 0 Å². The molecule has 0 aromatic carbocycles. The largest absolute Gasteiger partial charge is 0.119 e. The van der Waals surface area contributed by atoms with Crippen LogP contribution in [-0.2, 0) is 0 Å².